The molecule has 0 spiro atoms. The first-order chi connectivity index (χ1) is 8.06. The van der Waals surface area contributed by atoms with Gasteiger partial charge in [-0.05, 0) is 32.4 Å². The van der Waals surface area contributed by atoms with Crippen molar-refractivity contribution in [3.05, 3.63) is 11.3 Å². The fraction of sp³-hybridized carbons (Fsp3) is 0.667. The third-order valence-electron chi connectivity index (χ3n) is 3.26. The average Bonchev–Trinajstić information content (AvgIpc) is 2.81. The number of nitrogens with one attached hydrogen (secondary N) is 1. The Morgan fingerprint density at radius 1 is 1.65 bits per heavy atom. The summed E-state index contributed by atoms with van der Waals surface area (Å²) in [4.78, 5) is 0. The van der Waals surface area contributed by atoms with E-state index in [1.807, 2.05) is 25.7 Å². The van der Waals surface area contributed by atoms with Crippen molar-refractivity contribution in [1.29, 1.82) is 5.26 Å². The molecule has 1 aromatic heterocycles. The quantitative estimate of drug-likeness (QED) is 0.894. The summed E-state index contributed by atoms with van der Waals surface area (Å²) in [5.74, 6) is 2.09. The summed E-state index contributed by atoms with van der Waals surface area (Å²) < 4.78 is 2.06. The molecule has 4 nitrogen and oxygen atoms in total. The third-order valence-corrected chi connectivity index (χ3v) is 4.80. The normalized spacial score (nSPS) is 23.6. The number of anilines is 1. The molecule has 2 rings (SSSR count). The van der Waals surface area contributed by atoms with Crippen LogP contribution in [0.1, 0.15) is 31.0 Å². The van der Waals surface area contributed by atoms with Crippen molar-refractivity contribution in [2.75, 3.05) is 17.6 Å². The molecule has 0 radical (unpaired) electrons. The SMILES string of the molecule is Cc1nn(C)c(NCC2(C)CCCS2)c1C#N. The zero-order chi connectivity index (χ0) is 12.5. The van der Waals surface area contributed by atoms with Crippen LogP contribution in [0.25, 0.3) is 0 Å². The Morgan fingerprint density at radius 3 is 3.00 bits per heavy atom. The Hall–Kier alpha value is -1.15. The van der Waals surface area contributed by atoms with Crippen molar-refractivity contribution in [3.63, 3.8) is 0 Å². The van der Waals surface area contributed by atoms with Crippen LogP contribution in [0.3, 0.4) is 0 Å². The van der Waals surface area contributed by atoms with E-state index in [9.17, 15) is 0 Å². The molecule has 5 heteroatoms. The van der Waals surface area contributed by atoms with Crippen LogP contribution in [0.2, 0.25) is 0 Å². The summed E-state index contributed by atoms with van der Waals surface area (Å²) in [6.45, 7) is 5.05. The maximum Gasteiger partial charge on any atom is 0.142 e. The maximum absolute atomic E-state index is 9.12. The number of nitriles is 1. The first-order valence-electron chi connectivity index (χ1n) is 5.87. The van der Waals surface area contributed by atoms with Gasteiger partial charge < -0.3 is 5.32 Å². The molecule has 0 amide bonds. The van der Waals surface area contributed by atoms with E-state index in [2.05, 4.69) is 23.4 Å². The standard InChI is InChI=1S/C12H18N4S/c1-9-10(7-13)11(16(3)15-9)14-8-12(2)5-4-6-17-12/h14H,4-6,8H2,1-3H3. The van der Waals surface area contributed by atoms with Gasteiger partial charge in [0.25, 0.3) is 0 Å². The fourth-order valence-corrected chi connectivity index (χ4v) is 3.49. The molecule has 1 aliphatic heterocycles. The van der Waals surface area contributed by atoms with Crippen LogP contribution in [0.15, 0.2) is 0 Å². The van der Waals surface area contributed by atoms with Gasteiger partial charge in [0.15, 0.2) is 0 Å². The van der Waals surface area contributed by atoms with Gasteiger partial charge >= 0.3 is 0 Å². The van der Waals surface area contributed by atoms with E-state index in [0.717, 1.165) is 18.1 Å². The molecule has 0 aliphatic carbocycles. The van der Waals surface area contributed by atoms with Crippen LogP contribution in [0.5, 0.6) is 0 Å². The minimum Gasteiger partial charge on any atom is -0.368 e. The lowest BCUT2D eigenvalue weighted by atomic mass is 10.1. The molecule has 1 N–H and O–H groups in total. The zero-order valence-corrected chi connectivity index (χ0v) is 11.4. The lowest BCUT2D eigenvalue weighted by Crippen LogP contribution is -2.28. The van der Waals surface area contributed by atoms with E-state index < -0.39 is 0 Å². The summed E-state index contributed by atoms with van der Waals surface area (Å²) in [5.41, 5.74) is 1.46. The molecule has 1 saturated heterocycles. The molecule has 0 aromatic carbocycles. The Kier molecular flexibility index (Phi) is 3.34. The van der Waals surface area contributed by atoms with E-state index in [1.165, 1.54) is 18.6 Å². The van der Waals surface area contributed by atoms with Crippen molar-refractivity contribution in [3.8, 4) is 6.07 Å². The minimum absolute atomic E-state index is 0.297. The summed E-state index contributed by atoms with van der Waals surface area (Å²) in [6.07, 6.45) is 2.53. The molecule has 92 valence electrons. The predicted octanol–water partition coefficient (Wildman–Crippen LogP) is 2.30. The molecule has 1 unspecified atom stereocenters. The van der Waals surface area contributed by atoms with Gasteiger partial charge in [0.1, 0.15) is 17.5 Å². The van der Waals surface area contributed by atoms with Crippen LogP contribution < -0.4 is 5.32 Å². The van der Waals surface area contributed by atoms with Crippen molar-refractivity contribution < 1.29 is 0 Å². The number of hydrogen-bond donors (Lipinski definition) is 1. The molecular weight excluding hydrogens is 232 g/mol. The molecule has 17 heavy (non-hydrogen) atoms. The van der Waals surface area contributed by atoms with Crippen LogP contribution in [-0.2, 0) is 7.05 Å². The maximum atomic E-state index is 9.12. The van der Waals surface area contributed by atoms with Gasteiger partial charge in [-0.15, -0.1) is 0 Å². The van der Waals surface area contributed by atoms with Crippen molar-refractivity contribution in [2.24, 2.45) is 7.05 Å². The topological polar surface area (TPSA) is 53.6 Å². The number of hydrogen-bond acceptors (Lipinski definition) is 4. The summed E-state index contributed by atoms with van der Waals surface area (Å²) in [7, 11) is 1.88. The van der Waals surface area contributed by atoms with Crippen molar-refractivity contribution in [1.82, 2.24) is 9.78 Å². The second-order valence-corrected chi connectivity index (χ2v) is 6.48. The average molecular weight is 250 g/mol. The number of rotatable bonds is 3. The van der Waals surface area contributed by atoms with Gasteiger partial charge in [0, 0.05) is 18.3 Å². The highest BCUT2D eigenvalue weighted by Crippen LogP contribution is 2.37. The number of aromatic nitrogens is 2. The van der Waals surface area contributed by atoms with E-state index in [1.54, 1.807) is 4.68 Å². The molecule has 0 bridgehead atoms. The molecule has 0 saturated carbocycles. The Morgan fingerprint density at radius 2 is 2.41 bits per heavy atom. The van der Waals surface area contributed by atoms with Crippen LogP contribution in [-0.4, -0.2) is 26.8 Å². The molecule has 1 aromatic rings. The predicted molar refractivity (Wildman–Crippen MR) is 71.2 cm³/mol. The van der Waals surface area contributed by atoms with E-state index in [-0.39, 0.29) is 0 Å². The van der Waals surface area contributed by atoms with Gasteiger partial charge in [-0.2, -0.15) is 22.1 Å². The fourth-order valence-electron chi connectivity index (χ4n) is 2.24. The highest BCUT2D eigenvalue weighted by Gasteiger charge is 2.29. The van der Waals surface area contributed by atoms with Crippen LogP contribution >= 0.6 is 11.8 Å². The van der Waals surface area contributed by atoms with Gasteiger partial charge in [-0.25, -0.2) is 0 Å². The van der Waals surface area contributed by atoms with Gasteiger partial charge in [0.2, 0.25) is 0 Å². The summed E-state index contributed by atoms with van der Waals surface area (Å²) in [6, 6.07) is 2.22. The zero-order valence-electron chi connectivity index (χ0n) is 10.6. The Labute approximate surface area is 106 Å². The smallest absolute Gasteiger partial charge is 0.142 e. The lowest BCUT2D eigenvalue weighted by Gasteiger charge is -2.23. The van der Waals surface area contributed by atoms with E-state index >= 15 is 0 Å². The van der Waals surface area contributed by atoms with Crippen LogP contribution in [0.4, 0.5) is 5.82 Å². The molecular formula is C12H18N4S. The van der Waals surface area contributed by atoms with Crippen molar-refractivity contribution in [2.45, 2.75) is 31.4 Å². The highest BCUT2D eigenvalue weighted by molar-refractivity contribution is 8.00. The first kappa shape index (κ1) is 12.3. The first-order valence-corrected chi connectivity index (χ1v) is 6.86. The highest BCUT2D eigenvalue weighted by atomic mass is 32.2. The minimum atomic E-state index is 0.297. The number of nitrogens with zero attached hydrogens (tertiary/aromatic N) is 3. The van der Waals surface area contributed by atoms with E-state index in [4.69, 9.17) is 5.26 Å². The monoisotopic (exact) mass is 250 g/mol. The van der Waals surface area contributed by atoms with Gasteiger partial charge in [-0.3, -0.25) is 4.68 Å². The second-order valence-electron chi connectivity index (χ2n) is 4.80. The van der Waals surface area contributed by atoms with E-state index in [0.29, 0.717) is 10.3 Å². The second kappa shape index (κ2) is 4.61. The van der Waals surface area contributed by atoms with Gasteiger partial charge in [-0.1, -0.05) is 0 Å². The lowest BCUT2D eigenvalue weighted by molar-refractivity contribution is 0.629. The number of thioether (sulfide) groups is 1. The molecule has 2 heterocycles. The molecule has 1 fully saturated rings. The summed E-state index contributed by atoms with van der Waals surface area (Å²) >= 11 is 2.01. The molecule has 1 aliphatic rings. The van der Waals surface area contributed by atoms with Crippen LogP contribution in [0, 0.1) is 18.3 Å². The Bertz CT molecular complexity index is 452. The van der Waals surface area contributed by atoms with Gasteiger partial charge in [0.05, 0.1) is 5.69 Å². The summed E-state index contributed by atoms with van der Waals surface area (Å²) in [5, 5.41) is 16.8. The molecule has 1 atom stereocenters. The third kappa shape index (κ3) is 2.42. The largest absolute Gasteiger partial charge is 0.368 e. The number of aryl methyl sites for hydroxylation is 2. The van der Waals surface area contributed by atoms with Crippen molar-refractivity contribution >= 4 is 17.6 Å². The Balaban J connectivity index is 2.11.